The van der Waals surface area contributed by atoms with Crippen molar-refractivity contribution in [3.8, 4) is 11.5 Å². The van der Waals surface area contributed by atoms with Crippen LogP contribution < -0.4 is 9.47 Å². The van der Waals surface area contributed by atoms with Gasteiger partial charge in [-0.1, -0.05) is 6.07 Å². The van der Waals surface area contributed by atoms with Crippen molar-refractivity contribution in [1.82, 2.24) is 4.90 Å². The van der Waals surface area contributed by atoms with Crippen LogP contribution in [0.25, 0.3) is 0 Å². The zero-order valence-corrected chi connectivity index (χ0v) is 12.3. The van der Waals surface area contributed by atoms with Crippen molar-refractivity contribution in [3.63, 3.8) is 0 Å². The minimum Gasteiger partial charge on any atom is -0.490 e. The third-order valence-electron chi connectivity index (χ3n) is 3.56. The normalized spacial score (nSPS) is 18.6. The van der Waals surface area contributed by atoms with E-state index in [1.807, 2.05) is 4.90 Å². The van der Waals surface area contributed by atoms with Gasteiger partial charge in [-0.15, -0.1) is 0 Å². The molecule has 0 unspecified atom stereocenters. The third kappa shape index (κ3) is 4.07. The highest BCUT2D eigenvalue weighted by atomic mass is 19.3. The average Bonchev–Trinajstić information content (AvgIpc) is 2.90. The van der Waals surface area contributed by atoms with E-state index >= 15 is 0 Å². The second-order valence-electron chi connectivity index (χ2n) is 5.06. The molecule has 0 aliphatic carbocycles. The summed E-state index contributed by atoms with van der Waals surface area (Å²) >= 11 is 0. The largest absolute Gasteiger partial charge is 0.490 e. The Hall–Kier alpha value is -1.89. The maximum absolute atomic E-state index is 12.4. The first kappa shape index (κ1) is 16.5. The maximum Gasteiger partial charge on any atom is 0.387 e. The van der Waals surface area contributed by atoms with Crippen molar-refractivity contribution in [2.75, 3.05) is 13.2 Å². The van der Waals surface area contributed by atoms with Crippen LogP contribution in [-0.4, -0.2) is 41.8 Å². The molecular formula is C15H19F2NO4. The fourth-order valence-electron chi connectivity index (χ4n) is 2.64. The van der Waals surface area contributed by atoms with Crippen molar-refractivity contribution in [2.24, 2.45) is 0 Å². The Labute approximate surface area is 127 Å². The summed E-state index contributed by atoms with van der Waals surface area (Å²) in [5, 5.41) is 9.17. The Balaban J connectivity index is 2.14. The van der Waals surface area contributed by atoms with Gasteiger partial charge >= 0.3 is 12.6 Å². The zero-order chi connectivity index (χ0) is 16.1. The predicted molar refractivity (Wildman–Crippen MR) is 75.3 cm³/mol. The van der Waals surface area contributed by atoms with Gasteiger partial charge in [-0.2, -0.15) is 8.78 Å². The Bertz CT molecular complexity index is 524. The number of carboxylic acids is 1. The number of benzene rings is 1. The molecule has 0 amide bonds. The number of rotatable bonds is 7. The SMILES string of the molecule is CCOc1cc(CN2CCC[C@@H]2C(=O)O)ccc1OC(F)F. The molecule has 1 aliphatic heterocycles. The van der Waals surface area contributed by atoms with E-state index in [0.717, 1.165) is 12.0 Å². The Morgan fingerprint density at radius 1 is 1.45 bits per heavy atom. The Morgan fingerprint density at radius 3 is 2.86 bits per heavy atom. The van der Waals surface area contributed by atoms with Crippen molar-refractivity contribution < 1.29 is 28.2 Å². The number of carbonyl (C=O) groups is 1. The van der Waals surface area contributed by atoms with Gasteiger partial charge in [-0.25, -0.2) is 0 Å². The van der Waals surface area contributed by atoms with Gasteiger partial charge in [0.1, 0.15) is 6.04 Å². The monoisotopic (exact) mass is 315 g/mol. The molecule has 122 valence electrons. The number of halogens is 2. The number of carboxylic acid groups (broad SMARTS) is 1. The second kappa shape index (κ2) is 7.40. The lowest BCUT2D eigenvalue weighted by Gasteiger charge is -2.21. The van der Waals surface area contributed by atoms with Gasteiger partial charge < -0.3 is 14.6 Å². The molecule has 1 atom stereocenters. The van der Waals surface area contributed by atoms with E-state index in [1.165, 1.54) is 6.07 Å². The number of hydrogen-bond acceptors (Lipinski definition) is 4. The highest BCUT2D eigenvalue weighted by molar-refractivity contribution is 5.73. The Kier molecular flexibility index (Phi) is 5.54. The van der Waals surface area contributed by atoms with E-state index in [9.17, 15) is 18.7 Å². The van der Waals surface area contributed by atoms with Crippen LogP contribution in [0.1, 0.15) is 25.3 Å². The fourth-order valence-corrected chi connectivity index (χ4v) is 2.64. The fraction of sp³-hybridized carbons (Fsp3) is 0.533. The highest BCUT2D eigenvalue weighted by Gasteiger charge is 2.30. The molecule has 2 rings (SSSR count). The van der Waals surface area contributed by atoms with Gasteiger partial charge in [-0.3, -0.25) is 9.69 Å². The van der Waals surface area contributed by atoms with Crippen LogP contribution in [-0.2, 0) is 11.3 Å². The van der Waals surface area contributed by atoms with E-state index in [4.69, 9.17) is 4.74 Å². The average molecular weight is 315 g/mol. The molecule has 22 heavy (non-hydrogen) atoms. The van der Waals surface area contributed by atoms with Crippen LogP contribution in [0.2, 0.25) is 0 Å². The summed E-state index contributed by atoms with van der Waals surface area (Å²) in [5.41, 5.74) is 0.804. The molecule has 1 aromatic rings. The van der Waals surface area contributed by atoms with Crippen LogP contribution in [0.15, 0.2) is 18.2 Å². The zero-order valence-electron chi connectivity index (χ0n) is 12.3. The minimum atomic E-state index is -2.92. The lowest BCUT2D eigenvalue weighted by atomic mass is 10.1. The highest BCUT2D eigenvalue weighted by Crippen LogP contribution is 2.31. The topological polar surface area (TPSA) is 59.0 Å². The first-order valence-corrected chi connectivity index (χ1v) is 7.18. The van der Waals surface area contributed by atoms with Crippen LogP contribution in [0.5, 0.6) is 11.5 Å². The minimum absolute atomic E-state index is 0.0168. The molecule has 1 saturated heterocycles. The summed E-state index contributed by atoms with van der Waals surface area (Å²) in [5.74, 6) is -0.608. The third-order valence-corrected chi connectivity index (χ3v) is 3.56. The molecule has 1 heterocycles. The standard InChI is InChI=1S/C15H19F2NO4/c1-2-21-13-8-10(5-6-12(13)22-15(16)17)9-18-7-3-4-11(18)14(19)20/h5-6,8,11,15H,2-4,7,9H2,1H3,(H,19,20)/t11-/m1/s1. The summed E-state index contributed by atoms with van der Waals surface area (Å²) in [6.45, 7) is 0.298. The molecule has 5 nitrogen and oxygen atoms in total. The molecule has 0 saturated carbocycles. The Morgan fingerprint density at radius 2 is 2.23 bits per heavy atom. The molecule has 1 fully saturated rings. The van der Waals surface area contributed by atoms with Gasteiger partial charge in [0.15, 0.2) is 11.5 Å². The number of hydrogen-bond donors (Lipinski definition) is 1. The summed E-state index contributed by atoms with van der Waals surface area (Å²) in [6, 6.07) is 4.21. The predicted octanol–water partition coefficient (Wildman–Crippen LogP) is 2.74. The van der Waals surface area contributed by atoms with Crippen LogP contribution in [0.3, 0.4) is 0 Å². The first-order valence-electron chi connectivity index (χ1n) is 7.18. The lowest BCUT2D eigenvalue weighted by molar-refractivity contribution is -0.142. The van der Waals surface area contributed by atoms with Crippen LogP contribution >= 0.6 is 0 Å². The lowest BCUT2D eigenvalue weighted by Crippen LogP contribution is -2.35. The van der Waals surface area contributed by atoms with E-state index in [-0.39, 0.29) is 11.5 Å². The van der Waals surface area contributed by atoms with E-state index in [0.29, 0.717) is 26.1 Å². The van der Waals surface area contributed by atoms with Crippen molar-refractivity contribution in [1.29, 1.82) is 0 Å². The van der Waals surface area contributed by atoms with Crippen molar-refractivity contribution in [3.05, 3.63) is 23.8 Å². The van der Waals surface area contributed by atoms with E-state index in [1.54, 1.807) is 19.1 Å². The quantitative estimate of drug-likeness (QED) is 0.838. The summed E-state index contributed by atoms with van der Waals surface area (Å²) in [7, 11) is 0. The molecule has 7 heteroatoms. The van der Waals surface area contributed by atoms with E-state index in [2.05, 4.69) is 4.74 Å². The van der Waals surface area contributed by atoms with Crippen molar-refractivity contribution >= 4 is 5.97 Å². The number of likely N-dealkylation sites (tertiary alicyclic amines) is 1. The molecule has 1 N–H and O–H groups in total. The second-order valence-corrected chi connectivity index (χ2v) is 5.06. The maximum atomic E-state index is 12.4. The number of nitrogens with zero attached hydrogens (tertiary/aromatic N) is 1. The summed E-state index contributed by atoms with van der Waals surface area (Å²) < 4.78 is 34.5. The van der Waals surface area contributed by atoms with Gasteiger partial charge in [0.25, 0.3) is 0 Å². The number of ether oxygens (including phenoxy) is 2. The van der Waals surface area contributed by atoms with Gasteiger partial charge in [-0.05, 0) is 44.0 Å². The number of alkyl halides is 2. The van der Waals surface area contributed by atoms with Gasteiger partial charge in [0, 0.05) is 6.54 Å². The summed E-state index contributed by atoms with van der Waals surface area (Å²) in [4.78, 5) is 13.0. The van der Waals surface area contributed by atoms with Crippen LogP contribution in [0.4, 0.5) is 8.78 Å². The van der Waals surface area contributed by atoms with Gasteiger partial charge in [0.05, 0.1) is 6.61 Å². The molecule has 1 aromatic carbocycles. The summed E-state index contributed by atoms with van der Waals surface area (Å²) in [6.07, 6.45) is 1.46. The number of aliphatic carboxylic acids is 1. The molecule has 1 aliphatic rings. The molecule has 0 aromatic heterocycles. The van der Waals surface area contributed by atoms with E-state index < -0.39 is 18.6 Å². The van der Waals surface area contributed by atoms with Gasteiger partial charge in [0.2, 0.25) is 0 Å². The molecule has 0 bridgehead atoms. The molecule has 0 spiro atoms. The smallest absolute Gasteiger partial charge is 0.387 e. The first-order chi connectivity index (χ1) is 10.5. The van der Waals surface area contributed by atoms with Crippen LogP contribution in [0, 0.1) is 0 Å². The molecule has 0 radical (unpaired) electrons. The molecular weight excluding hydrogens is 296 g/mol. The van der Waals surface area contributed by atoms with Crippen molar-refractivity contribution in [2.45, 2.75) is 39.0 Å².